The zero-order chi connectivity index (χ0) is 15.3. The summed E-state index contributed by atoms with van der Waals surface area (Å²) in [6, 6.07) is 13.7. The lowest BCUT2D eigenvalue weighted by atomic mass is 9.75. The maximum atomic E-state index is 3.86. The van der Waals surface area contributed by atoms with Crippen LogP contribution < -0.4 is 5.32 Å². The summed E-state index contributed by atoms with van der Waals surface area (Å²) in [5, 5.41) is 3.86. The number of hydrogen-bond donors (Lipinski definition) is 1. The quantitative estimate of drug-likeness (QED) is 0.630. The number of fused-ring (bicyclic) bond motifs is 3. The first kappa shape index (κ1) is 14.1. The molecular formula is C20H20BrN. The Morgan fingerprint density at radius 1 is 1.00 bits per heavy atom. The number of nitrogens with one attached hydrogen (secondary N) is 1. The van der Waals surface area contributed by atoms with E-state index >= 15 is 0 Å². The molecule has 0 radical (unpaired) electrons. The zero-order valence-corrected chi connectivity index (χ0v) is 14.5. The van der Waals surface area contributed by atoms with Crippen molar-refractivity contribution < 1.29 is 0 Å². The van der Waals surface area contributed by atoms with Crippen LogP contribution in [0, 0.1) is 19.8 Å². The summed E-state index contributed by atoms with van der Waals surface area (Å²) in [5.74, 6) is 1.17. The first-order chi connectivity index (χ1) is 10.6. The van der Waals surface area contributed by atoms with Crippen LogP contribution in [-0.4, -0.2) is 0 Å². The third kappa shape index (κ3) is 2.13. The maximum Gasteiger partial charge on any atom is 0.0554 e. The molecule has 0 bridgehead atoms. The lowest BCUT2D eigenvalue weighted by Crippen LogP contribution is -2.30. The van der Waals surface area contributed by atoms with E-state index < -0.39 is 0 Å². The van der Waals surface area contributed by atoms with Crippen LogP contribution in [0.15, 0.2) is 53.0 Å². The first-order valence-electron chi connectivity index (χ1n) is 7.94. The van der Waals surface area contributed by atoms with Crippen molar-refractivity contribution in [3.63, 3.8) is 0 Å². The minimum atomic E-state index is 0.390. The van der Waals surface area contributed by atoms with Gasteiger partial charge in [0.05, 0.1) is 6.04 Å². The van der Waals surface area contributed by atoms with Gasteiger partial charge in [-0.3, -0.25) is 0 Å². The van der Waals surface area contributed by atoms with Crippen molar-refractivity contribution in [3.05, 3.63) is 75.3 Å². The Morgan fingerprint density at radius 3 is 2.50 bits per heavy atom. The van der Waals surface area contributed by atoms with E-state index in [1.54, 1.807) is 0 Å². The minimum absolute atomic E-state index is 0.390. The van der Waals surface area contributed by atoms with Gasteiger partial charge >= 0.3 is 0 Å². The Labute approximate surface area is 140 Å². The molecule has 0 fully saturated rings. The number of aryl methyl sites for hydroxylation is 2. The summed E-state index contributed by atoms with van der Waals surface area (Å²) >= 11 is 3.54. The second-order valence-corrected chi connectivity index (χ2v) is 7.43. The standard InChI is InChI=1S/C20H20BrN/c1-12-6-7-13(2)19-18(12)16-4-3-5-17(16)20(22-19)14-8-10-15(21)11-9-14/h3-4,6-11,16-17,20,22H,5H2,1-2H3/t16-,17+,20-/m0/s1. The van der Waals surface area contributed by atoms with E-state index in [9.17, 15) is 0 Å². The molecule has 2 aromatic carbocycles. The lowest BCUT2D eigenvalue weighted by molar-refractivity contribution is 0.424. The smallest absolute Gasteiger partial charge is 0.0554 e. The number of rotatable bonds is 1. The van der Waals surface area contributed by atoms with Crippen LogP contribution in [-0.2, 0) is 0 Å². The van der Waals surface area contributed by atoms with Crippen molar-refractivity contribution in [2.24, 2.45) is 5.92 Å². The van der Waals surface area contributed by atoms with Crippen LogP contribution >= 0.6 is 15.9 Å². The maximum absolute atomic E-state index is 3.86. The number of anilines is 1. The largest absolute Gasteiger partial charge is 0.377 e. The van der Waals surface area contributed by atoms with Gasteiger partial charge in [0.15, 0.2) is 0 Å². The molecule has 0 saturated carbocycles. The number of benzene rings is 2. The monoisotopic (exact) mass is 353 g/mol. The highest BCUT2D eigenvalue weighted by Crippen LogP contribution is 2.51. The van der Waals surface area contributed by atoms with E-state index in [0.29, 0.717) is 17.9 Å². The third-order valence-electron chi connectivity index (χ3n) is 5.18. The van der Waals surface area contributed by atoms with Crippen molar-refractivity contribution in [2.45, 2.75) is 32.2 Å². The number of hydrogen-bond acceptors (Lipinski definition) is 1. The molecule has 1 aliphatic carbocycles. The molecule has 3 atom stereocenters. The molecule has 1 nitrogen and oxygen atoms in total. The molecule has 4 rings (SSSR count). The molecule has 1 heterocycles. The lowest BCUT2D eigenvalue weighted by Gasteiger charge is -2.39. The second kappa shape index (κ2) is 5.27. The van der Waals surface area contributed by atoms with Crippen LogP contribution in [0.5, 0.6) is 0 Å². The SMILES string of the molecule is Cc1ccc(C)c2c1N[C@@H](c1ccc(Br)cc1)[C@@H]1CC=C[C@H]21. The van der Waals surface area contributed by atoms with E-state index in [4.69, 9.17) is 0 Å². The Kier molecular flexibility index (Phi) is 3.37. The molecule has 0 amide bonds. The number of allylic oxidation sites excluding steroid dienone is 2. The van der Waals surface area contributed by atoms with Gasteiger partial charge in [0.2, 0.25) is 0 Å². The topological polar surface area (TPSA) is 12.0 Å². The molecule has 2 aromatic rings. The van der Waals surface area contributed by atoms with Gasteiger partial charge in [0, 0.05) is 16.1 Å². The Bertz CT molecular complexity index is 745. The molecule has 112 valence electrons. The fourth-order valence-corrected chi connectivity index (χ4v) is 4.31. The van der Waals surface area contributed by atoms with Gasteiger partial charge < -0.3 is 5.32 Å². The van der Waals surface area contributed by atoms with E-state index in [1.807, 2.05) is 0 Å². The van der Waals surface area contributed by atoms with E-state index in [-0.39, 0.29) is 0 Å². The summed E-state index contributed by atoms with van der Waals surface area (Å²) in [4.78, 5) is 0. The Balaban J connectivity index is 1.84. The van der Waals surface area contributed by atoms with Crippen LogP contribution in [0.1, 0.15) is 40.6 Å². The van der Waals surface area contributed by atoms with E-state index in [1.165, 1.54) is 27.9 Å². The Morgan fingerprint density at radius 2 is 1.73 bits per heavy atom. The highest BCUT2D eigenvalue weighted by Gasteiger charge is 2.38. The van der Waals surface area contributed by atoms with Gasteiger partial charge in [-0.15, -0.1) is 0 Å². The highest BCUT2D eigenvalue weighted by atomic mass is 79.9. The third-order valence-corrected chi connectivity index (χ3v) is 5.70. The van der Waals surface area contributed by atoms with Crippen molar-refractivity contribution in [1.82, 2.24) is 0 Å². The molecule has 0 spiro atoms. The van der Waals surface area contributed by atoms with Crippen LogP contribution in [0.25, 0.3) is 0 Å². The summed E-state index contributed by atoms with van der Waals surface area (Å²) in [6.45, 7) is 4.45. The average molecular weight is 354 g/mol. The van der Waals surface area contributed by atoms with Gasteiger partial charge in [-0.2, -0.15) is 0 Å². The van der Waals surface area contributed by atoms with Crippen molar-refractivity contribution >= 4 is 21.6 Å². The second-order valence-electron chi connectivity index (χ2n) is 6.52. The predicted octanol–water partition coefficient (Wildman–Crippen LogP) is 5.89. The molecule has 1 N–H and O–H groups in total. The predicted molar refractivity (Wildman–Crippen MR) is 96.4 cm³/mol. The van der Waals surface area contributed by atoms with Gasteiger partial charge in [-0.05, 0) is 60.6 Å². The van der Waals surface area contributed by atoms with Gasteiger partial charge in [-0.1, -0.05) is 52.3 Å². The fourth-order valence-electron chi connectivity index (χ4n) is 4.04. The van der Waals surface area contributed by atoms with Crippen molar-refractivity contribution in [3.8, 4) is 0 Å². The number of halogens is 1. The van der Waals surface area contributed by atoms with Crippen molar-refractivity contribution in [2.75, 3.05) is 5.32 Å². The Hall–Kier alpha value is -1.54. The molecule has 0 saturated heterocycles. The van der Waals surface area contributed by atoms with Gasteiger partial charge in [0.25, 0.3) is 0 Å². The van der Waals surface area contributed by atoms with Crippen LogP contribution in [0.2, 0.25) is 0 Å². The molecule has 0 aromatic heterocycles. The summed E-state index contributed by atoms with van der Waals surface area (Å²) < 4.78 is 1.14. The summed E-state index contributed by atoms with van der Waals surface area (Å²) in [6.07, 6.45) is 5.94. The van der Waals surface area contributed by atoms with Gasteiger partial charge in [-0.25, -0.2) is 0 Å². The van der Waals surface area contributed by atoms with Crippen molar-refractivity contribution in [1.29, 1.82) is 0 Å². The molecule has 2 heteroatoms. The molecular weight excluding hydrogens is 334 g/mol. The molecule has 2 aliphatic rings. The normalized spacial score (nSPS) is 25.5. The summed E-state index contributed by atoms with van der Waals surface area (Å²) in [5.41, 5.74) is 6.99. The average Bonchev–Trinajstić information content (AvgIpc) is 3.00. The molecule has 1 aliphatic heterocycles. The molecule has 22 heavy (non-hydrogen) atoms. The first-order valence-corrected chi connectivity index (χ1v) is 8.73. The van der Waals surface area contributed by atoms with Crippen LogP contribution in [0.4, 0.5) is 5.69 Å². The molecule has 0 unspecified atom stereocenters. The highest BCUT2D eigenvalue weighted by molar-refractivity contribution is 9.10. The zero-order valence-electron chi connectivity index (χ0n) is 12.9. The van der Waals surface area contributed by atoms with E-state index in [0.717, 1.165) is 10.9 Å². The fraction of sp³-hybridized carbons (Fsp3) is 0.300. The van der Waals surface area contributed by atoms with Gasteiger partial charge in [0.1, 0.15) is 0 Å². The van der Waals surface area contributed by atoms with E-state index in [2.05, 4.69) is 83.6 Å². The minimum Gasteiger partial charge on any atom is -0.377 e. The van der Waals surface area contributed by atoms with Crippen LogP contribution in [0.3, 0.4) is 0 Å². The summed E-state index contributed by atoms with van der Waals surface area (Å²) in [7, 11) is 0.